The van der Waals surface area contributed by atoms with Gasteiger partial charge in [-0.2, -0.15) is 9.97 Å². The minimum Gasteiger partial charge on any atom is -0.479 e. The van der Waals surface area contributed by atoms with Gasteiger partial charge in [-0.05, 0) is 75.6 Å². The second kappa shape index (κ2) is 23.7. The fourth-order valence-corrected chi connectivity index (χ4v) is 7.96. The molecule has 2 amide bonds. The third kappa shape index (κ3) is 13.7. The Morgan fingerprint density at radius 3 is 1.27 bits per heavy atom. The number of amides is 2. The van der Waals surface area contributed by atoms with E-state index in [1.54, 1.807) is 0 Å². The lowest BCUT2D eigenvalue weighted by Gasteiger charge is -2.24. The number of hydrogen-bond acceptors (Lipinski definition) is 16. The largest absolute Gasteiger partial charge is 0.479 e. The van der Waals surface area contributed by atoms with Crippen LogP contribution in [0.1, 0.15) is 113 Å². The number of carboxylic acid groups (broad SMARTS) is 2. The molecule has 20 heteroatoms. The first-order chi connectivity index (χ1) is 31.7. The van der Waals surface area contributed by atoms with E-state index >= 15 is 0 Å². The van der Waals surface area contributed by atoms with E-state index in [0.29, 0.717) is 49.4 Å². The van der Waals surface area contributed by atoms with E-state index in [4.69, 9.17) is 29.5 Å². The van der Waals surface area contributed by atoms with Crippen LogP contribution < -0.4 is 21.3 Å². The van der Waals surface area contributed by atoms with Crippen molar-refractivity contribution in [3.63, 3.8) is 0 Å². The highest BCUT2D eigenvalue weighted by Crippen LogP contribution is 2.32. The van der Waals surface area contributed by atoms with Crippen LogP contribution in [0.2, 0.25) is 0 Å². The first-order valence-electron chi connectivity index (χ1n) is 22.8. The van der Waals surface area contributed by atoms with Crippen LogP contribution in [0.15, 0.2) is 57.6 Å². The van der Waals surface area contributed by atoms with E-state index in [2.05, 4.69) is 41.5 Å². The highest BCUT2D eigenvalue weighted by molar-refractivity contribution is 5.84. The molecule has 2 unspecified atom stereocenters. The van der Waals surface area contributed by atoms with Gasteiger partial charge in [0.05, 0.1) is 24.3 Å². The van der Waals surface area contributed by atoms with Crippen LogP contribution in [-0.4, -0.2) is 124 Å². The van der Waals surface area contributed by atoms with Crippen molar-refractivity contribution in [3.05, 3.63) is 71.4 Å². The van der Waals surface area contributed by atoms with Crippen molar-refractivity contribution in [1.29, 1.82) is 0 Å². The average Bonchev–Trinajstić information content (AvgIpc) is 4.11. The van der Waals surface area contributed by atoms with Gasteiger partial charge >= 0.3 is 11.9 Å². The number of hydrogen-bond donors (Lipinski definition) is 10. The van der Waals surface area contributed by atoms with Gasteiger partial charge < -0.3 is 61.0 Å². The van der Waals surface area contributed by atoms with E-state index in [1.165, 1.54) is 38.5 Å². The summed E-state index contributed by atoms with van der Waals surface area (Å²) in [6.45, 7) is 5.19. The molecule has 4 fully saturated rings. The summed E-state index contributed by atoms with van der Waals surface area (Å²) in [5.74, 6) is 0.383. The zero-order chi connectivity index (χ0) is 47.3. The van der Waals surface area contributed by atoms with Gasteiger partial charge in [-0.25, -0.2) is 9.59 Å². The molecule has 2 saturated heterocycles. The highest BCUT2D eigenvalue weighted by Gasteiger charge is 2.33. The van der Waals surface area contributed by atoms with Gasteiger partial charge in [0.1, 0.15) is 12.1 Å². The number of carbonyl (C=O) groups is 4. The summed E-state index contributed by atoms with van der Waals surface area (Å²) >= 11 is 0. The lowest BCUT2D eigenvalue weighted by molar-refractivity contribution is -0.165. The van der Waals surface area contributed by atoms with Gasteiger partial charge in [-0.15, -0.1) is 0 Å². The minimum atomic E-state index is -2.27. The SMILES string of the molecule is C[C@H](NC(=O)[C@H]1NCC[C@@H]1O)c1ccc(-c2noc(CCC3CCC3)n2)cc1.C[C@H](NC(=O)[C@H]1NCC[C@@H]1O)c1ccc(-c2noc(CCC3CCC3)n2)cc1.O=C(O)C(O)C(O)C(=O)O. The van der Waals surface area contributed by atoms with Gasteiger partial charge in [-0.1, -0.05) is 97.4 Å². The molecule has 2 saturated carbocycles. The predicted octanol–water partition coefficient (Wildman–Crippen LogP) is 2.62. The topological polar surface area (TPSA) is 316 Å². The Balaban J connectivity index is 0.000000182. The van der Waals surface area contributed by atoms with Crippen LogP contribution >= 0.6 is 0 Å². The van der Waals surface area contributed by atoms with Crippen molar-refractivity contribution >= 4 is 23.8 Å². The van der Waals surface area contributed by atoms with Gasteiger partial charge in [0, 0.05) is 24.0 Å². The molecule has 10 N–H and O–H groups in total. The number of benzene rings is 2. The van der Waals surface area contributed by atoms with Gasteiger partial charge in [-0.3, -0.25) is 9.59 Å². The molecular weight excluding hydrogens is 857 g/mol. The van der Waals surface area contributed by atoms with E-state index < -0.39 is 48.4 Å². The van der Waals surface area contributed by atoms with Crippen LogP contribution in [0.5, 0.6) is 0 Å². The Morgan fingerprint density at radius 2 is 0.985 bits per heavy atom. The minimum absolute atomic E-state index is 0.153. The van der Waals surface area contributed by atoms with Gasteiger partial charge in [0.25, 0.3) is 0 Å². The lowest BCUT2D eigenvalue weighted by atomic mass is 9.82. The van der Waals surface area contributed by atoms with Crippen molar-refractivity contribution in [3.8, 4) is 22.8 Å². The Morgan fingerprint density at radius 1 is 0.621 bits per heavy atom. The first-order valence-corrected chi connectivity index (χ1v) is 22.8. The molecule has 0 radical (unpaired) electrons. The molecule has 4 aromatic rings. The van der Waals surface area contributed by atoms with Crippen LogP contribution in [0, 0.1) is 11.8 Å². The molecule has 2 aromatic carbocycles. The third-order valence-electron chi connectivity index (χ3n) is 12.7. The summed E-state index contributed by atoms with van der Waals surface area (Å²) in [5.41, 5.74) is 3.76. The molecule has 8 atom stereocenters. The summed E-state index contributed by atoms with van der Waals surface area (Å²) in [4.78, 5) is 53.2. The maximum absolute atomic E-state index is 12.3. The Kier molecular flexibility index (Phi) is 17.9. The van der Waals surface area contributed by atoms with E-state index in [9.17, 15) is 29.4 Å². The molecule has 20 nitrogen and oxygen atoms in total. The van der Waals surface area contributed by atoms with Crippen molar-refractivity contribution in [2.45, 2.75) is 139 Å². The maximum Gasteiger partial charge on any atom is 0.335 e. The van der Waals surface area contributed by atoms with E-state index in [0.717, 1.165) is 59.8 Å². The van der Waals surface area contributed by atoms with E-state index in [1.807, 2.05) is 62.4 Å². The van der Waals surface area contributed by atoms with Crippen molar-refractivity contribution < 1.29 is 58.9 Å². The summed E-state index contributed by atoms with van der Waals surface area (Å²) in [6, 6.07) is 14.3. The summed E-state index contributed by atoms with van der Waals surface area (Å²) in [5, 5.41) is 72.4. The molecule has 2 aliphatic heterocycles. The Bertz CT molecular complexity index is 2040. The quantitative estimate of drug-likeness (QED) is 0.0728. The molecule has 0 bridgehead atoms. The number of nitrogens with one attached hydrogen (secondary N) is 4. The predicted molar refractivity (Wildman–Crippen MR) is 236 cm³/mol. The summed E-state index contributed by atoms with van der Waals surface area (Å²) in [7, 11) is 0. The van der Waals surface area contributed by atoms with Crippen LogP contribution in [-0.2, 0) is 32.0 Å². The van der Waals surface area contributed by atoms with Crippen molar-refractivity contribution in [1.82, 2.24) is 41.5 Å². The van der Waals surface area contributed by atoms with Gasteiger partial charge in [0.2, 0.25) is 35.2 Å². The maximum atomic E-state index is 12.3. The molecular formula is C46H62N8O12. The van der Waals surface area contributed by atoms with Crippen molar-refractivity contribution in [2.75, 3.05) is 13.1 Å². The molecule has 0 spiro atoms. The lowest BCUT2D eigenvalue weighted by Crippen LogP contribution is -2.46. The number of carbonyl (C=O) groups excluding carboxylic acids is 2. The molecule has 66 heavy (non-hydrogen) atoms. The number of rotatable bonds is 17. The highest BCUT2D eigenvalue weighted by atomic mass is 16.5. The molecule has 2 aliphatic carbocycles. The van der Waals surface area contributed by atoms with Crippen LogP contribution in [0.25, 0.3) is 22.8 Å². The number of aliphatic hydroxyl groups excluding tert-OH is 4. The monoisotopic (exact) mass is 918 g/mol. The Hall–Kier alpha value is -5.64. The average molecular weight is 919 g/mol. The zero-order valence-electron chi connectivity index (χ0n) is 37.2. The number of aromatic nitrogens is 4. The van der Waals surface area contributed by atoms with Crippen LogP contribution in [0.4, 0.5) is 0 Å². The number of nitrogens with zero attached hydrogens (tertiary/aromatic N) is 4. The first kappa shape index (κ1) is 49.8. The van der Waals surface area contributed by atoms with E-state index in [-0.39, 0.29) is 23.9 Å². The van der Waals surface area contributed by atoms with Crippen LogP contribution in [0.3, 0.4) is 0 Å². The number of carboxylic acids is 2. The standard InChI is InChI=1S/2C21H28N4O3.C4H6O6/c2*1-13(23-21(27)19-17(26)11-12-22-19)15-6-8-16(9-7-15)20-24-18(28-25-20)10-5-14-3-2-4-14;5-1(3(7)8)2(6)4(9)10/h2*6-9,13-14,17,19,22,26H,2-5,10-12H2,1H3,(H,23,27);1-2,5-6H,(H,7,8)(H,9,10)/t2*13-,17-,19-;/m00./s1. The smallest absolute Gasteiger partial charge is 0.335 e. The number of aryl methyl sites for hydroxylation is 2. The van der Waals surface area contributed by atoms with Gasteiger partial charge in [0.15, 0.2) is 12.2 Å². The molecule has 8 rings (SSSR count). The number of aliphatic carboxylic acids is 2. The third-order valence-corrected chi connectivity index (χ3v) is 12.7. The summed E-state index contributed by atoms with van der Waals surface area (Å²) < 4.78 is 10.8. The zero-order valence-corrected chi connectivity index (χ0v) is 37.2. The fraction of sp³-hybridized carbons (Fsp3) is 0.565. The Labute approximate surface area is 382 Å². The van der Waals surface area contributed by atoms with Crippen molar-refractivity contribution in [2.24, 2.45) is 11.8 Å². The molecule has 358 valence electrons. The molecule has 4 heterocycles. The second-order valence-electron chi connectivity index (χ2n) is 17.5. The molecule has 2 aromatic heterocycles. The summed E-state index contributed by atoms with van der Waals surface area (Å²) in [6.07, 6.45) is 7.39. The number of aliphatic hydroxyl groups is 4. The molecule has 4 aliphatic rings. The fourth-order valence-electron chi connectivity index (χ4n) is 7.96. The second-order valence-corrected chi connectivity index (χ2v) is 17.5. The normalized spacial score (nSPS) is 22.2.